The maximum atomic E-state index is 12.3. The molecule has 3 N–H and O–H groups in total. The Bertz CT molecular complexity index is 1320. The molecule has 2 aromatic carbocycles. The van der Waals surface area contributed by atoms with Gasteiger partial charge < -0.3 is 14.5 Å². The minimum Gasteiger partial charge on any atom is -0.493 e. The molecule has 11 nitrogen and oxygen atoms in total. The molecule has 2 aromatic heterocycles. The Kier molecular flexibility index (Phi) is 6.08. The maximum Gasteiger partial charge on any atom is 0.281 e. The molecule has 0 radical (unpaired) electrons. The summed E-state index contributed by atoms with van der Waals surface area (Å²) in [6.07, 6.45) is 0. The van der Waals surface area contributed by atoms with E-state index in [2.05, 4.69) is 35.7 Å². The first-order chi connectivity index (χ1) is 15.6. The van der Waals surface area contributed by atoms with E-state index in [9.17, 15) is 9.59 Å². The van der Waals surface area contributed by atoms with E-state index in [1.807, 2.05) is 43.3 Å². The minimum absolute atomic E-state index is 0.138. The third kappa shape index (κ3) is 4.42. The number of ether oxygens (including phenoxy) is 2. The smallest absolute Gasteiger partial charge is 0.281 e. The van der Waals surface area contributed by atoms with Gasteiger partial charge in [-0.25, -0.2) is 15.6 Å². The fourth-order valence-electron chi connectivity index (χ4n) is 3.12. The van der Waals surface area contributed by atoms with E-state index in [-0.39, 0.29) is 17.8 Å². The number of H-pyrrole nitrogens is 2. The largest absolute Gasteiger partial charge is 0.493 e. The summed E-state index contributed by atoms with van der Waals surface area (Å²) < 4.78 is 11.3. The predicted octanol–water partition coefficient (Wildman–Crippen LogP) is 1.83. The van der Waals surface area contributed by atoms with E-state index in [1.54, 1.807) is 6.07 Å². The molecule has 0 bridgehead atoms. The van der Waals surface area contributed by atoms with Crippen molar-refractivity contribution in [3.8, 4) is 34.0 Å². The second-order valence-electron chi connectivity index (χ2n) is 6.61. The first-order valence-corrected chi connectivity index (χ1v) is 9.72. The third-order valence-corrected chi connectivity index (χ3v) is 4.49. The predicted molar refractivity (Wildman–Crippen MR) is 115 cm³/mol. The van der Waals surface area contributed by atoms with Crippen molar-refractivity contribution < 1.29 is 19.1 Å². The summed E-state index contributed by atoms with van der Waals surface area (Å²) in [6.45, 7) is 2.12. The molecule has 1 amide bonds. The Morgan fingerprint density at radius 3 is 2.78 bits per heavy atom. The number of amides is 1. The normalized spacial score (nSPS) is 10.8. The molecular weight excluding hydrogens is 416 g/mol. The lowest BCUT2D eigenvalue weighted by Gasteiger charge is -2.13. The molecule has 4 aromatic rings. The highest BCUT2D eigenvalue weighted by molar-refractivity contribution is 5.77. The fraction of sp³-hybridized carbons (Fsp3) is 0.190. The molecule has 32 heavy (non-hydrogen) atoms. The van der Waals surface area contributed by atoms with Crippen molar-refractivity contribution in [1.82, 2.24) is 30.9 Å². The highest BCUT2D eigenvalue weighted by Crippen LogP contribution is 2.33. The number of hydrogen-bond acceptors (Lipinski definition) is 8. The third-order valence-electron chi connectivity index (χ3n) is 4.49. The number of carbonyl (C=O) groups is 1. The molecular formula is C21H20N6O5. The van der Waals surface area contributed by atoms with Crippen LogP contribution >= 0.6 is 0 Å². The van der Waals surface area contributed by atoms with Crippen molar-refractivity contribution in [3.63, 3.8) is 0 Å². The van der Waals surface area contributed by atoms with E-state index in [4.69, 9.17) is 9.47 Å². The van der Waals surface area contributed by atoms with Crippen LogP contribution in [0.4, 0.5) is 0 Å². The first kappa shape index (κ1) is 21.0. The molecule has 11 heteroatoms. The van der Waals surface area contributed by atoms with Gasteiger partial charge in [0.05, 0.1) is 19.3 Å². The van der Waals surface area contributed by atoms with Crippen LogP contribution < -0.4 is 20.5 Å². The molecule has 0 saturated carbocycles. The van der Waals surface area contributed by atoms with Gasteiger partial charge in [0.25, 0.3) is 11.5 Å². The minimum atomic E-state index is -0.396. The van der Waals surface area contributed by atoms with Crippen LogP contribution in [0.3, 0.4) is 0 Å². The van der Waals surface area contributed by atoms with Gasteiger partial charge in [-0.15, -0.1) is 5.10 Å². The Morgan fingerprint density at radius 1 is 1.12 bits per heavy atom. The number of fused-ring (bicyclic) bond motifs is 1. The molecule has 0 fully saturated rings. The van der Waals surface area contributed by atoms with Crippen LogP contribution in [0.2, 0.25) is 0 Å². The number of nitrogens with one attached hydrogen (secondary N) is 3. The molecule has 0 unspecified atom stereocenters. The number of benzene rings is 2. The van der Waals surface area contributed by atoms with Crippen molar-refractivity contribution in [1.29, 1.82) is 0 Å². The van der Waals surface area contributed by atoms with Crippen LogP contribution in [0.25, 0.3) is 33.7 Å². The van der Waals surface area contributed by atoms with Gasteiger partial charge in [0, 0.05) is 0 Å². The molecule has 2 heterocycles. The molecule has 4 rings (SSSR count). The number of aromatic amines is 2. The van der Waals surface area contributed by atoms with Crippen LogP contribution in [-0.4, -0.2) is 51.6 Å². The summed E-state index contributed by atoms with van der Waals surface area (Å²) in [6, 6.07) is 12.8. The number of nitrogens with zero attached hydrogens (tertiary/aromatic N) is 3. The zero-order valence-corrected chi connectivity index (χ0v) is 17.3. The van der Waals surface area contributed by atoms with E-state index in [1.165, 1.54) is 7.11 Å². The molecule has 0 aliphatic carbocycles. The van der Waals surface area contributed by atoms with Crippen LogP contribution in [0.1, 0.15) is 6.92 Å². The van der Waals surface area contributed by atoms with Crippen molar-refractivity contribution in [2.24, 2.45) is 0 Å². The Labute approximate surface area is 181 Å². The first-order valence-electron chi connectivity index (χ1n) is 9.72. The van der Waals surface area contributed by atoms with Crippen LogP contribution in [-0.2, 0) is 9.63 Å². The van der Waals surface area contributed by atoms with Gasteiger partial charge in [0.15, 0.2) is 17.8 Å². The quantitative estimate of drug-likeness (QED) is 0.355. The molecule has 0 aliphatic heterocycles. The van der Waals surface area contributed by atoms with Gasteiger partial charge in [-0.2, -0.15) is 0 Å². The molecule has 0 atom stereocenters. The number of hydrogen-bond donors (Lipinski definition) is 3. The maximum absolute atomic E-state index is 12.3. The van der Waals surface area contributed by atoms with E-state index >= 15 is 0 Å². The second-order valence-corrected chi connectivity index (χ2v) is 6.61. The van der Waals surface area contributed by atoms with Gasteiger partial charge in [-0.3, -0.25) is 14.4 Å². The van der Waals surface area contributed by atoms with Crippen molar-refractivity contribution in [2.75, 3.05) is 20.3 Å². The Morgan fingerprint density at radius 2 is 1.97 bits per heavy atom. The highest BCUT2D eigenvalue weighted by Gasteiger charge is 2.14. The van der Waals surface area contributed by atoms with Crippen molar-refractivity contribution in [2.45, 2.75) is 6.92 Å². The zero-order valence-electron chi connectivity index (χ0n) is 17.3. The molecule has 0 spiro atoms. The SMILES string of the molecule is CCOc1cc(-c2cccc(OCC(=O)NOC)c2)ccc1-c1nc2[nH]nnc2c(=O)[nH]1. The van der Waals surface area contributed by atoms with E-state index in [0.29, 0.717) is 29.5 Å². The van der Waals surface area contributed by atoms with Gasteiger partial charge in [-0.1, -0.05) is 23.4 Å². The summed E-state index contributed by atoms with van der Waals surface area (Å²) in [4.78, 5) is 35.5. The summed E-state index contributed by atoms with van der Waals surface area (Å²) >= 11 is 0. The fourth-order valence-corrected chi connectivity index (χ4v) is 3.12. The van der Waals surface area contributed by atoms with Crippen LogP contribution in [0.5, 0.6) is 11.5 Å². The van der Waals surface area contributed by atoms with E-state index < -0.39 is 11.5 Å². The van der Waals surface area contributed by atoms with Crippen LogP contribution in [0, 0.1) is 0 Å². The van der Waals surface area contributed by atoms with Crippen LogP contribution in [0.15, 0.2) is 47.3 Å². The lowest BCUT2D eigenvalue weighted by Crippen LogP contribution is -2.27. The number of carbonyl (C=O) groups excluding carboxylic acids is 1. The molecule has 0 aliphatic rings. The van der Waals surface area contributed by atoms with Crippen molar-refractivity contribution >= 4 is 17.1 Å². The number of hydroxylamine groups is 1. The highest BCUT2D eigenvalue weighted by atomic mass is 16.6. The van der Waals surface area contributed by atoms with Gasteiger partial charge >= 0.3 is 0 Å². The molecule has 164 valence electrons. The Hall–Kier alpha value is -4.25. The van der Waals surface area contributed by atoms with Crippen molar-refractivity contribution in [3.05, 3.63) is 52.8 Å². The average Bonchev–Trinajstić information content (AvgIpc) is 3.28. The summed E-state index contributed by atoms with van der Waals surface area (Å²) in [5, 5.41) is 9.95. The van der Waals surface area contributed by atoms with Gasteiger partial charge in [0.2, 0.25) is 0 Å². The Balaban J connectivity index is 1.66. The lowest BCUT2D eigenvalue weighted by molar-refractivity contribution is -0.133. The van der Waals surface area contributed by atoms with Gasteiger partial charge in [-0.05, 0) is 42.3 Å². The monoisotopic (exact) mass is 436 g/mol. The topological polar surface area (TPSA) is 144 Å². The summed E-state index contributed by atoms with van der Waals surface area (Å²) in [5.41, 5.74) is 4.56. The summed E-state index contributed by atoms with van der Waals surface area (Å²) in [7, 11) is 1.35. The molecule has 0 saturated heterocycles. The standard InChI is InChI=1S/C21H20N6O5/c1-3-31-16-10-13(12-5-4-6-14(9-12)32-11-17(28)26-30-2)7-8-15(16)19-22-20-18(21(29)23-19)24-27-25-20/h4-10H,3,11H2,1-2H3,(H,26,28)(H2,22,23,24,25,27,29). The zero-order chi connectivity index (χ0) is 22.5. The van der Waals surface area contributed by atoms with Gasteiger partial charge in [0.1, 0.15) is 17.3 Å². The second kappa shape index (κ2) is 9.27. The van der Waals surface area contributed by atoms with E-state index in [0.717, 1.165) is 11.1 Å². The lowest BCUT2D eigenvalue weighted by atomic mass is 10.0. The summed E-state index contributed by atoms with van der Waals surface area (Å²) in [5.74, 6) is 1.02. The number of rotatable bonds is 8. The average molecular weight is 436 g/mol. The number of aromatic nitrogens is 5.